The lowest BCUT2D eigenvalue weighted by Gasteiger charge is -2.38. The number of hydrogen-bond donors (Lipinski definition) is 2. The number of hydrogen-bond acceptors (Lipinski definition) is 3. The summed E-state index contributed by atoms with van der Waals surface area (Å²) in [6.07, 6.45) is 3.79. The van der Waals surface area contributed by atoms with Crippen LogP contribution in [0.1, 0.15) is 50.3 Å². The fourth-order valence-electron chi connectivity index (χ4n) is 3.39. The molecule has 0 aromatic heterocycles. The number of aliphatic hydroxyl groups is 1. The maximum absolute atomic E-state index is 12.5. The van der Waals surface area contributed by atoms with E-state index in [1.54, 1.807) is 11.9 Å². The highest BCUT2D eigenvalue weighted by Crippen LogP contribution is 2.30. The lowest BCUT2D eigenvalue weighted by Crippen LogP contribution is -2.47. The summed E-state index contributed by atoms with van der Waals surface area (Å²) < 4.78 is 5.39. The second-order valence-electron chi connectivity index (χ2n) is 7.29. The monoisotopic (exact) mass is 348 g/mol. The van der Waals surface area contributed by atoms with Crippen LogP contribution in [-0.2, 0) is 11.2 Å². The molecule has 2 rings (SSSR count). The lowest BCUT2D eigenvalue weighted by molar-refractivity contribution is -0.0261. The third kappa shape index (κ3) is 5.44. The molecule has 5 heteroatoms. The largest absolute Gasteiger partial charge is 0.396 e. The van der Waals surface area contributed by atoms with Crippen molar-refractivity contribution in [2.75, 3.05) is 33.4 Å². The Bertz CT molecular complexity index is 538. The second-order valence-corrected chi connectivity index (χ2v) is 7.29. The summed E-state index contributed by atoms with van der Waals surface area (Å²) >= 11 is 0. The first-order chi connectivity index (χ1) is 12.0. The predicted octanol–water partition coefficient (Wildman–Crippen LogP) is 3.13. The molecule has 2 amide bonds. The van der Waals surface area contributed by atoms with E-state index >= 15 is 0 Å². The fraction of sp³-hybridized carbons (Fsp3) is 0.650. The number of carbonyl (C=O) groups excluding carboxylic acids is 1. The van der Waals surface area contributed by atoms with Gasteiger partial charge in [-0.2, -0.15) is 0 Å². The van der Waals surface area contributed by atoms with Crippen LogP contribution in [0.3, 0.4) is 0 Å². The van der Waals surface area contributed by atoms with Crippen LogP contribution in [-0.4, -0.2) is 49.5 Å². The number of nitrogens with zero attached hydrogens (tertiary/aromatic N) is 1. The van der Waals surface area contributed by atoms with Gasteiger partial charge in [-0.1, -0.05) is 37.6 Å². The Balaban J connectivity index is 1.90. The Morgan fingerprint density at radius 3 is 2.52 bits per heavy atom. The van der Waals surface area contributed by atoms with Crippen LogP contribution in [0.2, 0.25) is 0 Å². The summed E-state index contributed by atoms with van der Waals surface area (Å²) in [5, 5.41) is 12.8. The number of aryl methyl sites for hydroxylation is 1. The minimum Gasteiger partial charge on any atom is -0.396 e. The van der Waals surface area contributed by atoms with Crippen LogP contribution in [0.5, 0.6) is 0 Å². The molecule has 1 saturated heterocycles. The molecule has 0 bridgehead atoms. The molecule has 1 aromatic rings. The van der Waals surface area contributed by atoms with Crippen LogP contribution in [0.15, 0.2) is 24.3 Å². The van der Waals surface area contributed by atoms with Crippen molar-refractivity contribution in [1.29, 1.82) is 0 Å². The summed E-state index contributed by atoms with van der Waals surface area (Å²) in [5.74, 6) is 0. The highest BCUT2D eigenvalue weighted by atomic mass is 16.5. The van der Waals surface area contributed by atoms with E-state index in [0.717, 1.165) is 31.2 Å². The van der Waals surface area contributed by atoms with Gasteiger partial charge in [-0.25, -0.2) is 4.79 Å². The van der Waals surface area contributed by atoms with E-state index in [9.17, 15) is 9.90 Å². The minimum absolute atomic E-state index is 0.0506. The van der Waals surface area contributed by atoms with Crippen molar-refractivity contribution < 1.29 is 14.6 Å². The zero-order valence-corrected chi connectivity index (χ0v) is 15.8. The molecule has 1 aromatic carbocycles. The molecule has 1 fully saturated rings. The Kier molecular flexibility index (Phi) is 7.26. The zero-order chi connectivity index (χ0) is 18.3. The molecule has 1 heterocycles. The molecule has 2 N–H and O–H groups in total. The number of benzene rings is 1. The van der Waals surface area contributed by atoms with E-state index in [4.69, 9.17) is 4.74 Å². The van der Waals surface area contributed by atoms with Gasteiger partial charge >= 0.3 is 6.03 Å². The summed E-state index contributed by atoms with van der Waals surface area (Å²) in [6.45, 7) is 6.09. The zero-order valence-electron chi connectivity index (χ0n) is 15.8. The Morgan fingerprint density at radius 2 is 1.96 bits per heavy atom. The van der Waals surface area contributed by atoms with Crippen LogP contribution >= 0.6 is 0 Å². The van der Waals surface area contributed by atoms with Gasteiger partial charge in [-0.3, -0.25) is 0 Å². The van der Waals surface area contributed by atoms with Crippen molar-refractivity contribution in [3.8, 4) is 0 Å². The van der Waals surface area contributed by atoms with E-state index in [2.05, 4.69) is 36.5 Å². The molecular weight excluding hydrogens is 316 g/mol. The summed E-state index contributed by atoms with van der Waals surface area (Å²) in [6, 6.07) is 8.28. The van der Waals surface area contributed by atoms with Crippen LogP contribution in [0.25, 0.3) is 0 Å². The SMILES string of the molecule is CCCc1ccc([C@H](C)NC(=O)N(C)CC2(CO)CCOCC2)cc1. The molecule has 0 saturated carbocycles. The van der Waals surface area contributed by atoms with Crippen LogP contribution < -0.4 is 5.32 Å². The average molecular weight is 348 g/mol. The first-order valence-corrected chi connectivity index (χ1v) is 9.29. The van der Waals surface area contributed by atoms with Gasteiger partial charge in [0.15, 0.2) is 0 Å². The number of ether oxygens (including phenoxy) is 1. The molecule has 140 valence electrons. The molecule has 5 nitrogen and oxygen atoms in total. The van der Waals surface area contributed by atoms with Crippen LogP contribution in [0.4, 0.5) is 4.79 Å². The minimum atomic E-state index is -0.241. The normalized spacial score (nSPS) is 17.8. The maximum atomic E-state index is 12.5. The first kappa shape index (κ1) is 19.7. The van der Waals surface area contributed by atoms with Crippen LogP contribution in [0, 0.1) is 5.41 Å². The number of aliphatic hydroxyl groups excluding tert-OH is 1. The van der Waals surface area contributed by atoms with Gasteiger partial charge in [0, 0.05) is 32.2 Å². The third-order valence-corrected chi connectivity index (χ3v) is 5.17. The molecule has 1 aliphatic rings. The lowest BCUT2D eigenvalue weighted by atomic mass is 9.80. The molecule has 0 radical (unpaired) electrons. The van der Waals surface area contributed by atoms with Gasteiger partial charge in [-0.05, 0) is 37.3 Å². The fourth-order valence-corrected chi connectivity index (χ4v) is 3.39. The topological polar surface area (TPSA) is 61.8 Å². The summed E-state index contributed by atoms with van der Waals surface area (Å²) in [5.41, 5.74) is 2.19. The third-order valence-electron chi connectivity index (χ3n) is 5.17. The number of carbonyl (C=O) groups is 1. The quantitative estimate of drug-likeness (QED) is 0.796. The smallest absolute Gasteiger partial charge is 0.317 e. The van der Waals surface area contributed by atoms with E-state index < -0.39 is 0 Å². The molecule has 25 heavy (non-hydrogen) atoms. The Morgan fingerprint density at radius 1 is 1.32 bits per heavy atom. The highest BCUT2D eigenvalue weighted by molar-refractivity contribution is 5.74. The standard InChI is InChI=1S/C20H32N2O3/c1-4-5-17-6-8-18(9-7-17)16(2)21-19(24)22(3)14-20(15-23)10-12-25-13-11-20/h6-9,16,23H,4-5,10-15H2,1-3H3,(H,21,24)/t16-/m0/s1. The van der Waals surface area contributed by atoms with Crippen molar-refractivity contribution in [3.05, 3.63) is 35.4 Å². The van der Waals surface area contributed by atoms with Crippen molar-refractivity contribution in [3.63, 3.8) is 0 Å². The van der Waals surface area contributed by atoms with Gasteiger partial charge in [0.2, 0.25) is 0 Å². The predicted molar refractivity (Wildman–Crippen MR) is 99.6 cm³/mol. The van der Waals surface area contributed by atoms with Crippen molar-refractivity contribution in [2.24, 2.45) is 5.41 Å². The number of urea groups is 1. The van der Waals surface area contributed by atoms with Gasteiger partial charge in [0.1, 0.15) is 0 Å². The molecule has 0 aliphatic carbocycles. The van der Waals surface area contributed by atoms with Crippen molar-refractivity contribution in [1.82, 2.24) is 10.2 Å². The molecule has 0 unspecified atom stereocenters. The summed E-state index contributed by atoms with van der Waals surface area (Å²) in [7, 11) is 1.79. The van der Waals surface area contributed by atoms with Gasteiger partial charge in [-0.15, -0.1) is 0 Å². The van der Waals surface area contributed by atoms with Gasteiger partial charge in [0.25, 0.3) is 0 Å². The number of rotatable bonds is 7. The molecule has 1 aliphatic heterocycles. The van der Waals surface area contributed by atoms with E-state index in [1.165, 1.54) is 5.56 Å². The maximum Gasteiger partial charge on any atom is 0.317 e. The summed E-state index contributed by atoms with van der Waals surface area (Å²) in [4.78, 5) is 14.2. The average Bonchev–Trinajstić information content (AvgIpc) is 2.63. The second kappa shape index (κ2) is 9.20. The van der Waals surface area contributed by atoms with Crippen molar-refractivity contribution >= 4 is 6.03 Å². The van der Waals surface area contributed by atoms with E-state index in [0.29, 0.717) is 19.8 Å². The van der Waals surface area contributed by atoms with E-state index in [-0.39, 0.29) is 24.1 Å². The van der Waals surface area contributed by atoms with E-state index in [1.807, 2.05) is 6.92 Å². The van der Waals surface area contributed by atoms with Gasteiger partial charge in [0.05, 0.1) is 12.6 Å². The number of nitrogens with one attached hydrogen (secondary N) is 1. The Hall–Kier alpha value is -1.59. The highest BCUT2D eigenvalue weighted by Gasteiger charge is 2.34. The number of amides is 2. The Labute approximate surface area is 151 Å². The molecule has 0 spiro atoms. The van der Waals surface area contributed by atoms with Gasteiger partial charge < -0.3 is 20.1 Å². The molecule has 1 atom stereocenters. The van der Waals surface area contributed by atoms with Crippen molar-refractivity contribution in [2.45, 2.75) is 45.6 Å². The first-order valence-electron chi connectivity index (χ1n) is 9.29. The molecular formula is C20H32N2O3.